The van der Waals surface area contributed by atoms with Gasteiger partial charge in [0.2, 0.25) is 0 Å². The second-order valence-electron chi connectivity index (χ2n) is 6.21. The third-order valence-corrected chi connectivity index (χ3v) is 3.55. The first-order valence-electron chi connectivity index (χ1n) is 6.97. The Labute approximate surface area is 111 Å². The minimum atomic E-state index is 0.240. The maximum Gasteiger partial charge on any atom is 0.0700 e. The van der Waals surface area contributed by atoms with Crippen LogP contribution in [0.2, 0.25) is 0 Å². The van der Waals surface area contributed by atoms with Gasteiger partial charge in [-0.05, 0) is 29.4 Å². The van der Waals surface area contributed by atoms with Gasteiger partial charge in [-0.25, -0.2) is 0 Å². The van der Waals surface area contributed by atoms with E-state index in [1.165, 1.54) is 24.0 Å². The van der Waals surface area contributed by atoms with E-state index in [1.807, 2.05) is 0 Å². The predicted octanol–water partition coefficient (Wildman–Crippen LogP) is 3.25. The molecule has 0 aliphatic carbocycles. The molecule has 100 valence electrons. The van der Waals surface area contributed by atoms with Gasteiger partial charge in [0.25, 0.3) is 0 Å². The first-order valence-corrected chi connectivity index (χ1v) is 6.97. The third-order valence-electron chi connectivity index (χ3n) is 3.55. The SMILES string of the molecule is CC(C)(C)c1ccc(CNC[C@H]2CCCO2)cc1. The summed E-state index contributed by atoms with van der Waals surface area (Å²) in [5.74, 6) is 0. The zero-order valence-corrected chi connectivity index (χ0v) is 11.8. The molecule has 0 amide bonds. The lowest BCUT2D eigenvalue weighted by Gasteiger charge is -2.19. The summed E-state index contributed by atoms with van der Waals surface area (Å²) in [7, 11) is 0. The molecule has 1 atom stereocenters. The average Bonchev–Trinajstić information content (AvgIpc) is 2.82. The van der Waals surface area contributed by atoms with Crippen LogP contribution in [-0.2, 0) is 16.7 Å². The van der Waals surface area contributed by atoms with Crippen LogP contribution in [0.3, 0.4) is 0 Å². The van der Waals surface area contributed by atoms with Crippen molar-refractivity contribution in [3.63, 3.8) is 0 Å². The van der Waals surface area contributed by atoms with E-state index < -0.39 is 0 Å². The minimum Gasteiger partial charge on any atom is -0.377 e. The quantitative estimate of drug-likeness (QED) is 0.882. The summed E-state index contributed by atoms with van der Waals surface area (Å²) < 4.78 is 5.59. The number of ether oxygens (including phenoxy) is 1. The van der Waals surface area contributed by atoms with Crippen molar-refractivity contribution in [1.82, 2.24) is 5.32 Å². The Kier molecular flexibility index (Phi) is 4.41. The van der Waals surface area contributed by atoms with Gasteiger partial charge in [-0.1, -0.05) is 45.0 Å². The van der Waals surface area contributed by atoms with Gasteiger partial charge in [-0.2, -0.15) is 0 Å². The van der Waals surface area contributed by atoms with Gasteiger partial charge < -0.3 is 10.1 Å². The molecular formula is C16H25NO. The van der Waals surface area contributed by atoms with Crippen LogP contribution in [0.25, 0.3) is 0 Å². The molecule has 1 saturated heterocycles. The molecule has 1 heterocycles. The number of hydrogen-bond acceptors (Lipinski definition) is 2. The normalized spacial score (nSPS) is 20.3. The van der Waals surface area contributed by atoms with Crippen molar-refractivity contribution in [3.8, 4) is 0 Å². The highest BCUT2D eigenvalue weighted by atomic mass is 16.5. The predicted molar refractivity (Wildman–Crippen MR) is 75.8 cm³/mol. The van der Waals surface area contributed by atoms with Crippen molar-refractivity contribution in [2.24, 2.45) is 0 Å². The second-order valence-corrected chi connectivity index (χ2v) is 6.21. The van der Waals surface area contributed by atoms with Gasteiger partial charge in [0.15, 0.2) is 0 Å². The van der Waals surface area contributed by atoms with Crippen LogP contribution >= 0.6 is 0 Å². The lowest BCUT2D eigenvalue weighted by Crippen LogP contribution is -2.25. The first kappa shape index (κ1) is 13.6. The Balaban J connectivity index is 1.79. The highest BCUT2D eigenvalue weighted by Gasteiger charge is 2.15. The Morgan fingerprint density at radius 1 is 1.22 bits per heavy atom. The van der Waals surface area contributed by atoms with Gasteiger partial charge in [-0.15, -0.1) is 0 Å². The lowest BCUT2D eigenvalue weighted by atomic mass is 9.87. The van der Waals surface area contributed by atoms with Crippen molar-refractivity contribution >= 4 is 0 Å². The fourth-order valence-corrected chi connectivity index (χ4v) is 2.31. The molecule has 0 radical (unpaired) electrons. The summed E-state index contributed by atoms with van der Waals surface area (Å²) in [6.07, 6.45) is 2.85. The van der Waals surface area contributed by atoms with E-state index >= 15 is 0 Å². The highest BCUT2D eigenvalue weighted by molar-refractivity contribution is 5.27. The highest BCUT2D eigenvalue weighted by Crippen LogP contribution is 2.22. The first-order chi connectivity index (χ1) is 8.55. The standard InChI is InChI=1S/C16H25NO/c1-16(2,3)14-8-6-13(7-9-14)11-17-12-15-5-4-10-18-15/h6-9,15,17H,4-5,10-12H2,1-3H3/t15-/m1/s1. The molecule has 2 nitrogen and oxygen atoms in total. The Morgan fingerprint density at radius 2 is 1.94 bits per heavy atom. The molecule has 18 heavy (non-hydrogen) atoms. The van der Waals surface area contributed by atoms with E-state index in [9.17, 15) is 0 Å². The second kappa shape index (κ2) is 5.85. The fraction of sp³-hybridized carbons (Fsp3) is 0.625. The molecule has 0 unspecified atom stereocenters. The average molecular weight is 247 g/mol. The fourth-order valence-electron chi connectivity index (χ4n) is 2.31. The van der Waals surface area contributed by atoms with Gasteiger partial charge in [0.05, 0.1) is 6.10 Å². The molecule has 0 bridgehead atoms. The zero-order chi connectivity index (χ0) is 13.0. The van der Waals surface area contributed by atoms with Crippen LogP contribution in [-0.4, -0.2) is 19.3 Å². The molecule has 1 N–H and O–H groups in total. The zero-order valence-electron chi connectivity index (χ0n) is 11.8. The summed E-state index contributed by atoms with van der Waals surface area (Å²) in [5.41, 5.74) is 2.98. The molecule has 2 rings (SSSR count). The van der Waals surface area contributed by atoms with E-state index in [4.69, 9.17) is 4.74 Å². The topological polar surface area (TPSA) is 21.3 Å². The Morgan fingerprint density at radius 3 is 2.50 bits per heavy atom. The summed E-state index contributed by atoms with van der Waals surface area (Å²) in [4.78, 5) is 0. The van der Waals surface area contributed by atoms with Crippen LogP contribution in [0.5, 0.6) is 0 Å². The summed E-state index contributed by atoms with van der Waals surface area (Å²) in [6.45, 7) is 9.59. The monoisotopic (exact) mass is 247 g/mol. The summed E-state index contributed by atoms with van der Waals surface area (Å²) in [5, 5.41) is 3.48. The molecule has 0 aromatic heterocycles. The van der Waals surface area contributed by atoms with Crippen LogP contribution in [0, 0.1) is 0 Å². The summed E-state index contributed by atoms with van der Waals surface area (Å²) in [6, 6.07) is 8.93. The van der Waals surface area contributed by atoms with Gasteiger partial charge in [0.1, 0.15) is 0 Å². The van der Waals surface area contributed by atoms with E-state index in [2.05, 4.69) is 50.4 Å². The van der Waals surface area contributed by atoms with E-state index in [-0.39, 0.29) is 5.41 Å². The van der Waals surface area contributed by atoms with E-state index in [0.29, 0.717) is 6.10 Å². The maximum absolute atomic E-state index is 5.59. The maximum atomic E-state index is 5.59. The molecular weight excluding hydrogens is 222 g/mol. The molecule has 0 saturated carbocycles. The van der Waals surface area contributed by atoms with Crippen molar-refractivity contribution in [2.45, 2.75) is 51.7 Å². The third kappa shape index (κ3) is 3.82. The number of hydrogen-bond donors (Lipinski definition) is 1. The molecule has 1 fully saturated rings. The molecule has 1 aliphatic rings. The Hall–Kier alpha value is -0.860. The summed E-state index contributed by atoms with van der Waals surface area (Å²) >= 11 is 0. The van der Waals surface area contributed by atoms with E-state index in [1.54, 1.807) is 0 Å². The van der Waals surface area contributed by atoms with Crippen LogP contribution < -0.4 is 5.32 Å². The van der Waals surface area contributed by atoms with Crippen LogP contribution in [0.15, 0.2) is 24.3 Å². The van der Waals surface area contributed by atoms with Crippen molar-refractivity contribution in [2.75, 3.05) is 13.2 Å². The Bertz CT molecular complexity index is 358. The molecule has 1 aromatic rings. The molecule has 1 aliphatic heterocycles. The van der Waals surface area contributed by atoms with Crippen LogP contribution in [0.1, 0.15) is 44.7 Å². The van der Waals surface area contributed by atoms with Crippen LogP contribution in [0.4, 0.5) is 0 Å². The number of benzene rings is 1. The van der Waals surface area contributed by atoms with E-state index in [0.717, 1.165) is 19.7 Å². The smallest absolute Gasteiger partial charge is 0.0700 e. The minimum absolute atomic E-state index is 0.240. The van der Waals surface area contributed by atoms with Crippen molar-refractivity contribution in [3.05, 3.63) is 35.4 Å². The number of nitrogens with one attached hydrogen (secondary N) is 1. The van der Waals surface area contributed by atoms with Crippen molar-refractivity contribution in [1.29, 1.82) is 0 Å². The van der Waals surface area contributed by atoms with Gasteiger partial charge >= 0.3 is 0 Å². The van der Waals surface area contributed by atoms with Gasteiger partial charge in [-0.3, -0.25) is 0 Å². The molecule has 0 spiro atoms. The molecule has 2 heteroatoms. The van der Waals surface area contributed by atoms with Crippen molar-refractivity contribution < 1.29 is 4.74 Å². The molecule has 1 aromatic carbocycles. The largest absolute Gasteiger partial charge is 0.377 e. The number of rotatable bonds is 4. The van der Waals surface area contributed by atoms with Gasteiger partial charge in [0, 0.05) is 19.7 Å². The lowest BCUT2D eigenvalue weighted by molar-refractivity contribution is 0.110.